The molecule has 0 aromatic rings. The average Bonchev–Trinajstić information content (AvgIpc) is 2.66. The van der Waals surface area contributed by atoms with Gasteiger partial charge in [-0.1, -0.05) is 27.7 Å². The van der Waals surface area contributed by atoms with Crippen LogP contribution in [0.1, 0.15) is 92.9 Å². The molecule has 2 heterocycles. The standard InChI is InChI=1S/C22H42N2.C2H6/c1-18(2)21-7-13-23(14-8-21)17-20-5-9-22(10-6-20)11-15-24(16-12-22)19(3)4;1-2/h18-21H,5-17H2,1-4H3;1-2H3. The van der Waals surface area contributed by atoms with E-state index in [1.54, 1.807) is 0 Å². The Kier molecular flexibility index (Phi) is 8.94. The Hall–Kier alpha value is -0.0800. The predicted molar refractivity (Wildman–Crippen MR) is 116 cm³/mol. The van der Waals surface area contributed by atoms with Crippen LogP contribution in [0.25, 0.3) is 0 Å². The van der Waals surface area contributed by atoms with Gasteiger partial charge in [-0.25, -0.2) is 0 Å². The zero-order valence-corrected chi connectivity index (χ0v) is 18.9. The molecule has 0 N–H and O–H groups in total. The molecule has 0 radical (unpaired) electrons. The van der Waals surface area contributed by atoms with Gasteiger partial charge >= 0.3 is 0 Å². The number of rotatable bonds is 4. The first kappa shape index (κ1) is 22.2. The molecule has 0 aromatic heterocycles. The van der Waals surface area contributed by atoms with Crippen molar-refractivity contribution in [2.75, 3.05) is 32.7 Å². The van der Waals surface area contributed by atoms with Gasteiger partial charge in [-0.05, 0) is 115 Å². The van der Waals surface area contributed by atoms with Crippen LogP contribution in [0.15, 0.2) is 0 Å². The normalized spacial score (nSPS) is 26.3. The molecule has 1 aliphatic carbocycles. The predicted octanol–water partition coefficient (Wildman–Crippen LogP) is 6.06. The molecule has 3 fully saturated rings. The van der Waals surface area contributed by atoms with Crippen LogP contribution < -0.4 is 0 Å². The highest BCUT2D eigenvalue weighted by Crippen LogP contribution is 2.46. The maximum absolute atomic E-state index is 2.79. The monoisotopic (exact) mass is 364 g/mol. The first-order valence-electron chi connectivity index (χ1n) is 11.9. The van der Waals surface area contributed by atoms with Crippen molar-refractivity contribution in [3.05, 3.63) is 0 Å². The fourth-order valence-electron chi connectivity index (χ4n) is 5.65. The molecular formula is C24H48N2. The molecule has 26 heavy (non-hydrogen) atoms. The molecule has 2 heteroatoms. The summed E-state index contributed by atoms with van der Waals surface area (Å²) in [5, 5.41) is 0. The fourth-order valence-corrected chi connectivity index (χ4v) is 5.65. The van der Waals surface area contributed by atoms with Crippen molar-refractivity contribution in [2.24, 2.45) is 23.2 Å². The van der Waals surface area contributed by atoms with Crippen molar-refractivity contribution in [3.63, 3.8) is 0 Å². The van der Waals surface area contributed by atoms with E-state index in [1.165, 1.54) is 84.1 Å². The highest BCUT2D eigenvalue weighted by molar-refractivity contribution is 4.91. The smallest absolute Gasteiger partial charge is 0.00385 e. The van der Waals surface area contributed by atoms with E-state index in [0.717, 1.165) is 29.2 Å². The van der Waals surface area contributed by atoms with Gasteiger partial charge < -0.3 is 9.80 Å². The lowest BCUT2D eigenvalue weighted by molar-refractivity contribution is 0.0301. The number of nitrogens with zero attached hydrogens (tertiary/aromatic N) is 2. The molecule has 1 saturated carbocycles. The number of hydrogen-bond donors (Lipinski definition) is 0. The van der Waals surface area contributed by atoms with E-state index in [4.69, 9.17) is 0 Å². The minimum atomic E-state index is 0.729. The van der Waals surface area contributed by atoms with Crippen LogP contribution in [0.3, 0.4) is 0 Å². The highest BCUT2D eigenvalue weighted by atomic mass is 15.2. The van der Waals surface area contributed by atoms with E-state index in [9.17, 15) is 0 Å². The molecular weight excluding hydrogens is 316 g/mol. The second-order valence-corrected chi connectivity index (χ2v) is 9.96. The first-order chi connectivity index (χ1) is 12.5. The zero-order valence-electron chi connectivity index (χ0n) is 18.9. The first-order valence-corrected chi connectivity index (χ1v) is 11.9. The van der Waals surface area contributed by atoms with Gasteiger partial charge in [0.25, 0.3) is 0 Å². The van der Waals surface area contributed by atoms with Gasteiger partial charge in [0.05, 0.1) is 0 Å². The third-order valence-corrected chi connectivity index (χ3v) is 7.85. The molecule has 2 saturated heterocycles. The van der Waals surface area contributed by atoms with Crippen molar-refractivity contribution in [1.29, 1.82) is 0 Å². The van der Waals surface area contributed by atoms with E-state index in [2.05, 4.69) is 37.5 Å². The summed E-state index contributed by atoms with van der Waals surface area (Å²) in [6, 6.07) is 0.743. The summed E-state index contributed by atoms with van der Waals surface area (Å²) in [5.74, 6) is 2.87. The molecule has 0 atom stereocenters. The van der Waals surface area contributed by atoms with Gasteiger partial charge in [0.15, 0.2) is 0 Å². The van der Waals surface area contributed by atoms with Crippen molar-refractivity contribution < 1.29 is 0 Å². The van der Waals surface area contributed by atoms with Crippen LogP contribution in [0.5, 0.6) is 0 Å². The summed E-state index contributed by atoms with van der Waals surface area (Å²) < 4.78 is 0. The summed E-state index contributed by atoms with van der Waals surface area (Å²) in [7, 11) is 0. The Bertz CT molecular complexity index is 364. The summed E-state index contributed by atoms with van der Waals surface area (Å²) in [5.41, 5.74) is 0.729. The lowest BCUT2D eigenvalue weighted by Crippen LogP contribution is -2.45. The average molecular weight is 365 g/mol. The number of piperidine rings is 2. The van der Waals surface area contributed by atoms with Crippen LogP contribution in [0, 0.1) is 23.2 Å². The Morgan fingerprint density at radius 3 is 1.77 bits per heavy atom. The third-order valence-electron chi connectivity index (χ3n) is 7.85. The molecule has 1 spiro atoms. The van der Waals surface area contributed by atoms with Crippen molar-refractivity contribution in [1.82, 2.24) is 9.80 Å². The molecule has 2 aliphatic heterocycles. The Morgan fingerprint density at radius 1 is 0.769 bits per heavy atom. The maximum atomic E-state index is 2.79. The van der Waals surface area contributed by atoms with Crippen molar-refractivity contribution >= 4 is 0 Å². The van der Waals surface area contributed by atoms with Gasteiger partial charge in [-0.3, -0.25) is 0 Å². The Morgan fingerprint density at radius 2 is 1.31 bits per heavy atom. The van der Waals surface area contributed by atoms with Crippen LogP contribution >= 0.6 is 0 Å². The molecule has 0 bridgehead atoms. The summed E-state index contributed by atoms with van der Waals surface area (Å²) >= 11 is 0. The topological polar surface area (TPSA) is 6.48 Å². The van der Waals surface area contributed by atoms with Crippen LogP contribution in [-0.2, 0) is 0 Å². The van der Waals surface area contributed by atoms with E-state index in [0.29, 0.717) is 0 Å². The quantitative estimate of drug-likeness (QED) is 0.598. The molecule has 3 rings (SSSR count). The Labute approximate surface area is 165 Å². The minimum absolute atomic E-state index is 0.729. The zero-order chi connectivity index (χ0) is 19.2. The highest BCUT2D eigenvalue weighted by Gasteiger charge is 2.38. The molecule has 154 valence electrons. The van der Waals surface area contributed by atoms with Crippen LogP contribution in [0.4, 0.5) is 0 Å². The number of likely N-dealkylation sites (tertiary alicyclic amines) is 2. The molecule has 0 aromatic carbocycles. The largest absolute Gasteiger partial charge is 0.303 e. The van der Waals surface area contributed by atoms with E-state index in [1.807, 2.05) is 13.8 Å². The van der Waals surface area contributed by atoms with Crippen molar-refractivity contribution in [2.45, 2.75) is 99.0 Å². The van der Waals surface area contributed by atoms with E-state index in [-0.39, 0.29) is 0 Å². The SMILES string of the molecule is CC.CC(C)C1CCN(CC2CCC3(CC2)CCN(C(C)C)CC3)CC1. The lowest BCUT2D eigenvalue weighted by atomic mass is 9.65. The van der Waals surface area contributed by atoms with Gasteiger partial charge in [0, 0.05) is 12.6 Å². The van der Waals surface area contributed by atoms with Gasteiger partial charge in [-0.15, -0.1) is 0 Å². The van der Waals surface area contributed by atoms with E-state index >= 15 is 0 Å². The molecule has 0 unspecified atom stereocenters. The van der Waals surface area contributed by atoms with Gasteiger partial charge in [0.1, 0.15) is 0 Å². The van der Waals surface area contributed by atoms with Gasteiger partial charge in [-0.2, -0.15) is 0 Å². The van der Waals surface area contributed by atoms with Gasteiger partial charge in [0.2, 0.25) is 0 Å². The maximum Gasteiger partial charge on any atom is 0.00385 e. The van der Waals surface area contributed by atoms with Crippen LogP contribution in [-0.4, -0.2) is 48.6 Å². The van der Waals surface area contributed by atoms with Crippen molar-refractivity contribution in [3.8, 4) is 0 Å². The molecule has 2 nitrogen and oxygen atoms in total. The third kappa shape index (κ3) is 5.96. The molecule has 3 aliphatic rings. The second kappa shape index (κ2) is 10.5. The second-order valence-electron chi connectivity index (χ2n) is 9.96. The lowest BCUT2D eigenvalue weighted by Gasteiger charge is -2.47. The Balaban J connectivity index is 0.00000117. The van der Waals surface area contributed by atoms with Crippen LogP contribution in [0.2, 0.25) is 0 Å². The fraction of sp³-hybridized carbons (Fsp3) is 1.00. The summed E-state index contributed by atoms with van der Waals surface area (Å²) in [4.78, 5) is 5.49. The minimum Gasteiger partial charge on any atom is -0.303 e. The number of hydrogen-bond acceptors (Lipinski definition) is 2. The summed E-state index contributed by atoms with van der Waals surface area (Å²) in [6.45, 7) is 20.4. The summed E-state index contributed by atoms with van der Waals surface area (Å²) in [6.07, 6.45) is 11.9. The van der Waals surface area contributed by atoms with E-state index < -0.39 is 0 Å². The molecule has 0 amide bonds.